The van der Waals surface area contributed by atoms with E-state index in [1.165, 1.54) is 14.0 Å². The molecule has 1 aromatic heterocycles. The van der Waals surface area contributed by atoms with Crippen LogP contribution in [-0.4, -0.2) is 59.9 Å². The number of benzene rings is 1. The minimum Gasteiger partial charge on any atom is -0.497 e. The molecule has 0 aliphatic heterocycles. The number of aliphatic hydroxyl groups excluding tert-OH is 1. The second kappa shape index (κ2) is 11.7. The van der Waals surface area contributed by atoms with Crippen molar-refractivity contribution in [2.24, 2.45) is 0 Å². The van der Waals surface area contributed by atoms with Crippen molar-refractivity contribution < 1.29 is 37.3 Å². The van der Waals surface area contributed by atoms with E-state index in [9.17, 15) is 27.9 Å². The quantitative estimate of drug-likeness (QED) is 0.477. The number of nitrogens with one attached hydrogen (secondary N) is 1. The van der Waals surface area contributed by atoms with E-state index >= 15 is 0 Å². The molecule has 33 heavy (non-hydrogen) atoms. The van der Waals surface area contributed by atoms with Crippen LogP contribution < -0.4 is 15.6 Å². The van der Waals surface area contributed by atoms with Gasteiger partial charge < -0.3 is 24.6 Å². The van der Waals surface area contributed by atoms with Crippen molar-refractivity contribution in [2.75, 3.05) is 32.2 Å². The molecule has 0 spiro atoms. The number of alkyl halides is 3. The summed E-state index contributed by atoms with van der Waals surface area (Å²) in [6.45, 7) is 2.48. The maximum atomic E-state index is 13.7. The van der Waals surface area contributed by atoms with Gasteiger partial charge in [0.05, 0.1) is 45.4 Å². The van der Waals surface area contributed by atoms with Gasteiger partial charge in [0.25, 0.3) is 5.56 Å². The molecule has 0 amide bonds. The molecular formula is C21H26F3N3O6. The van der Waals surface area contributed by atoms with Crippen molar-refractivity contribution in [3.63, 3.8) is 0 Å². The first kappa shape index (κ1) is 26.1. The van der Waals surface area contributed by atoms with Gasteiger partial charge in [0.1, 0.15) is 11.3 Å². The van der Waals surface area contributed by atoms with Gasteiger partial charge in [-0.1, -0.05) is 12.1 Å². The maximum Gasteiger partial charge on any atom is 0.423 e. The van der Waals surface area contributed by atoms with Crippen LogP contribution in [-0.2, 0) is 27.0 Å². The Bertz CT molecular complexity index is 979. The predicted molar refractivity (Wildman–Crippen MR) is 112 cm³/mol. The summed E-state index contributed by atoms with van der Waals surface area (Å²) in [6.07, 6.45) is -5.51. The van der Waals surface area contributed by atoms with E-state index in [2.05, 4.69) is 15.2 Å². The van der Waals surface area contributed by atoms with Crippen LogP contribution in [0.5, 0.6) is 5.75 Å². The Hall–Kier alpha value is -3.12. The zero-order valence-electron chi connectivity index (χ0n) is 18.4. The number of aliphatic hydroxyl groups is 1. The number of hydrogen-bond donors (Lipinski definition) is 2. The van der Waals surface area contributed by atoms with E-state index in [1.54, 1.807) is 31.2 Å². The number of ether oxygens (including phenoxy) is 3. The topological polar surface area (TPSA) is 112 Å². The van der Waals surface area contributed by atoms with Crippen molar-refractivity contribution in [3.8, 4) is 5.75 Å². The lowest BCUT2D eigenvalue weighted by atomic mass is 10.2. The van der Waals surface area contributed by atoms with Crippen molar-refractivity contribution in [1.82, 2.24) is 9.78 Å². The predicted octanol–water partition coefficient (Wildman–Crippen LogP) is 2.06. The number of rotatable bonds is 11. The summed E-state index contributed by atoms with van der Waals surface area (Å²) >= 11 is 0. The number of methoxy groups -OCH3 is 1. The first-order chi connectivity index (χ1) is 15.6. The monoisotopic (exact) mass is 473 g/mol. The van der Waals surface area contributed by atoms with Gasteiger partial charge in [0, 0.05) is 6.04 Å². The number of halogens is 3. The molecule has 12 heteroatoms. The lowest BCUT2D eigenvalue weighted by Crippen LogP contribution is -2.34. The maximum absolute atomic E-state index is 13.7. The standard InChI is InChI=1S/C21H26F3N3O6/c1-4-33-20(30)17(28)12-32-11-13(2)26-16-9-25-27(19(29)18(16)21(22,23)24)10-14-5-7-15(31-3)8-6-14/h5-9,13,17,26,28H,4,10-12H2,1-3H3. The molecule has 2 unspecified atom stereocenters. The Morgan fingerprint density at radius 2 is 1.91 bits per heavy atom. The number of aromatic nitrogens is 2. The second-order valence-electron chi connectivity index (χ2n) is 7.09. The molecule has 2 aromatic rings. The van der Waals surface area contributed by atoms with E-state index in [1.807, 2.05) is 0 Å². The van der Waals surface area contributed by atoms with E-state index < -0.39 is 47.7 Å². The van der Waals surface area contributed by atoms with Crippen LogP contribution in [0.1, 0.15) is 25.0 Å². The van der Waals surface area contributed by atoms with Gasteiger partial charge in [-0.3, -0.25) is 4.79 Å². The Morgan fingerprint density at radius 3 is 2.48 bits per heavy atom. The molecule has 1 heterocycles. The summed E-state index contributed by atoms with van der Waals surface area (Å²) < 4.78 is 56.6. The number of carbonyl (C=O) groups excluding carboxylic acids is 1. The molecule has 2 rings (SSSR count). The second-order valence-corrected chi connectivity index (χ2v) is 7.09. The van der Waals surface area contributed by atoms with Gasteiger partial charge in [0.15, 0.2) is 6.10 Å². The van der Waals surface area contributed by atoms with Crippen LogP contribution in [0.25, 0.3) is 0 Å². The lowest BCUT2D eigenvalue weighted by molar-refractivity contribution is -0.156. The Balaban J connectivity index is 2.12. The minimum atomic E-state index is -4.93. The van der Waals surface area contributed by atoms with E-state index in [-0.39, 0.29) is 19.8 Å². The van der Waals surface area contributed by atoms with Gasteiger partial charge >= 0.3 is 12.1 Å². The highest BCUT2D eigenvalue weighted by Crippen LogP contribution is 2.32. The average molecular weight is 473 g/mol. The highest BCUT2D eigenvalue weighted by Gasteiger charge is 2.38. The molecule has 0 fully saturated rings. The van der Waals surface area contributed by atoms with Gasteiger partial charge in [-0.25, -0.2) is 9.48 Å². The lowest BCUT2D eigenvalue weighted by Gasteiger charge is -2.20. The van der Waals surface area contributed by atoms with E-state index in [0.717, 1.165) is 10.9 Å². The highest BCUT2D eigenvalue weighted by atomic mass is 19.4. The summed E-state index contributed by atoms with van der Waals surface area (Å²) in [7, 11) is 1.48. The van der Waals surface area contributed by atoms with Crippen LogP contribution >= 0.6 is 0 Å². The van der Waals surface area contributed by atoms with Gasteiger partial charge in [-0.05, 0) is 31.5 Å². The van der Waals surface area contributed by atoms with E-state index in [4.69, 9.17) is 9.47 Å². The number of hydrogen-bond acceptors (Lipinski definition) is 8. The summed E-state index contributed by atoms with van der Waals surface area (Å²) in [4.78, 5) is 23.9. The first-order valence-electron chi connectivity index (χ1n) is 10.1. The molecule has 2 N–H and O–H groups in total. The fraction of sp³-hybridized carbons (Fsp3) is 0.476. The number of anilines is 1. The van der Waals surface area contributed by atoms with Crippen LogP contribution in [0.15, 0.2) is 35.3 Å². The molecule has 0 radical (unpaired) electrons. The largest absolute Gasteiger partial charge is 0.497 e. The molecular weight excluding hydrogens is 447 g/mol. The number of esters is 1. The molecule has 0 bridgehead atoms. The summed E-state index contributed by atoms with van der Waals surface area (Å²) in [5.41, 5.74) is -2.61. The molecule has 1 aromatic carbocycles. The van der Waals surface area contributed by atoms with Crippen molar-refractivity contribution >= 4 is 11.7 Å². The SMILES string of the molecule is CCOC(=O)C(O)COCC(C)Nc1cnn(Cc2ccc(OC)cc2)c(=O)c1C(F)(F)F. The average Bonchev–Trinajstić information content (AvgIpc) is 2.75. The molecule has 9 nitrogen and oxygen atoms in total. The third kappa shape index (κ3) is 7.46. The fourth-order valence-corrected chi connectivity index (χ4v) is 2.86. The zero-order valence-corrected chi connectivity index (χ0v) is 18.4. The smallest absolute Gasteiger partial charge is 0.423 e. The van der Waals surface area contributed by atoms with Gasteiger partial charge in [0.2, 0.25) is 0 Å². The summed E-state index contributed by atoms with van der Waals surface area (Å²) in [5.74, 6) is -0.289. The van der Waals surface area contributed by atoms with Crippen molar-refractivity contribution in [1.29, 1.82) is 0 Å². The van der Waals surface area contributed by atoms with Crippen LogP contribution in [0.2, 0.25) is 0 Å². The molecule has 0 saturated heterocycles. The third-order valence-electron chi connectivity index (χ3n) is 4.42. The van der Waals surface area contributed by atoms with Crippen molar-refractivity contribution in [2.45, 2.75) is 38.7 Å². The Morgan fingerprint density at radius 1 is 1.24 bits per heavy atom. The molecule has 0 aliphatic rings. The first-order valence-corrected chi connectivity index (χ1v) is 10.1. The van der Waals surface area contributed by atoms with Gasteiger partial charge in [-0.15, -0.1) is 0 Å². The Labute approximate surface area is 188 Å². The third-order valence-corrected chi connectivity index (χ3v) is 4.42. The van der Waals surface area contributed by atoms with Crippen LogP contribution in [0.3, 0.4) is 0 Å². The molecule has 182 valence electrons. The van der Waals surface area contributed by atoms with Crippen LogP contribution in [0.4, 0.5) is 18.9 Å². The minimum absolute atomic E-state index is 0.0884. The normalized spacial score (nSPS) is 13.3. The molecule has 0 aliphatic carbocycles. The molecule has 2 atom stereocenters. The number of nitrogens with zero attached hydrogens (tertiary/aromatic N) is 2. The number of carbonyl (C=O) groups is 1. The fourth-order valence-electron chi connectivity index (χ4n) is 2.86. The molecule has 0 saturated carbocycles. The zero-order chi connectivity index (χ0) is 24.6. The summed E-state index contributed by atoms with van der Waals surface area (Å²) in [6, 6.07) is 5.80. The van der Waals surface area contributed by atoms with E-state index in [0.29, 0.717) is 11.3 Å². The van der Waals surface area contributed by atoms with Crippen molar-refractivity contribution in [3.05, 3.63) is 51.9 Å². The summed E-state index contributed by atoms with van der Waals surface area (Å²) in [5, 5.41) is 16.0. The Kier molecular flexibility index (Phi) is 9.23. The highest BCUT2D eigenvalue weighted by molar-refractivity contribution is 5.74. The van der Waals surface area contributed by atoms with Gasteiger partial charge in [-0.2, -0.15) is 18.3 Å². The van der Waals surface area contributed by atoms with Crippen LogP contribution in [0, 0.1) is 0 Å².